The molecule has 2 heteroatoms. The zero-order chi connectivity index (χ0) is 18.1. The lowest BCUT2D eigenvalue weighted by atomic mass is 9.98. The van der Waals surface area contributed by atoms with E-state index >= 15 is 0 Å². The third-order valence-electron chi connectivity index (χ3n) is 4.77. The van der Waals surface area contributed by atoms with Crippen molar-refractivity contribution in [2.75, 3.05) is 0 Å². The highest BCUT2D eigenvalue weighted by Crippen LogP contribution is 2.32. The van der Waals surface area contributed by atoms with Crippen molar-refractivity contribution in [3.05, 3.63) is 103 Å². The molecule has 1 heterocycles. The summed E-state index contributed by atoms with van der Waals surface area (Å²) in [5, 5.41) is 4.66. The van der Waals surface area contributed by atoms with Gasteiger partial charge in [-0.3, -0.25) is 0 Å². The first-order valence-electron chi connectivity index (χ1n) is 8.98. The summed E-state index contributed by atoms with van der Waals surface area (Å²) in [4.78, 5) is 4.47. The number of nitrogens with zero attached hydrogens (tertiary/aromatic N) is 1. The third-order valence-corrected chi connectivity index (χ3v) is 4.77. The van der Waals surface area contributed by atoms with E-state index in [1.807, 2.05) is 48.7 Å². The minimum absolute atomic E-state index is 0.603. The van der Waals surface area contributed by atoms with Crippen LogP contribution in [0.4, 0.5) is 0 Å². The molecule has 128 valence electrons. The van der Waals surface area contributed by atoms with E-state index < -0.39 is 0 Å². The van der Waals surface area contributed by atoms with Gasteiger partial charge >= 0.3 is 0 Å². The molecule has 4 aromatic carbocycles. The summed E-state index contributed by atoms with van der Waals surface area (Å²) in [6.07, 6.45) is 1.88. The number of ether oxygens (including phenoxy) is 1. The fourth-order valence-electron chi connectivity index (χ4n) is 3.40. The lowest BCUT2D eigenvalue weighted by molar-refractivity contribution is 0.464. The maximum Gasteiger partial charge on any atom is 0.219 e. The SMILES string of the molecule is c1ccc(Oc2cc3c(ccc4ccc(-c5ccccc5)cc43)cn2)cc1. The monoisotopic (exact) mass is 347 g/mol. The minimum atomic E-state index is 0.603. The molecular formula is C25H17NO. The average Bonchev–Trinajstić information content (AvgIpc) is 2.75. The second-order valence-corrected chi connectivity index (χ2v) is 6.53. The van der Waals surface area contributed by atoms with E-state index in [1.165, 1.54) is 21.9 Å². The van der Waals surface area contributed by atoms with Crippen LogP contribution in [-0.2, 0) is 0 Å². The third kappa shape index (κ3) is 3.02. The average molecular weight is 347 g/mol. The summed E-state index contributed by atoms with van der Waals surface area (Å²) in [6.45, 7) is 0. The highest BCUT2D eigenvalue weighted by Gasteiger charge is 2.07. The van der Waals surface area contributed by atoms with Crippen LogP contribution in [0.25, 0.3) is 32.7 Å². The molecule has 27 heavy (non-hydrogen) atoms. The summed E-state index contributed by atoms with van der Waals surface area (Å²) >= 11 is 0. The topological polar surface area (TPSA) is 22.1 Å². The smallest absolute Gasteiger partial charge is 0.219 e. The van der Waals surface area contributed by atoms with E-state index in [2.05, 4.69) is 59.6 Å². The van der Waals surface area contributed by atoms with Gasteiger partial charge in [-0.2, -0.15) is 0 Å². The van der Waals surface area contributed by atoms with Crippen molar-refractivity contribution in [2.45, 2.75) is 0 Å². The molecule has 0 saturated carbocycles. The number of aromatic nitrogens is 1. The molecule has 0 bridgehead atoms. The Morgan fingerprint density at radius 2 is 1.22 bits per heavy atom. The van der Waals surface area contributed by atoms with Crippen molar-refractivity contribution in [3.8, 4) is 22.8 Å². The van der Waals surface area contributed by atoms with Gasteiger partial charge in [0, 0.05) is 17.6 Å². The van der Waals surface area contributed by atoms with Crippen LogP contribution >= 0.6 is 0 Å². The fourth-order valence-corrected chi connectivity index (χ4v) is 3.40. The summed E-state index contributed by atoms with van der Waals surface area (Å²) < 4.78 is 5.94. The van der Waals surface area contributed by atoms with Gasteiger partial charge in [0.25, 0.3) is 0 Å². The molecule has 0 saturated heterocycles. The van der Waals surface area contributed by atoms with E-state index in [-0.39, 0.29) is 0 Å². The largest absolute Gasteiger partial charge is 0.439 e. The highest BCUT2D eigenvalue weighted by molar-refractivity contribution is 6.08. The molecule has 0 atom stereocenters. The zero-order valence-electron chi connectivity index (χ0n) is 14.7. The van der Waals surface area contributed by atoms with Crippen molar-refractivity contribution in [3.63, 3.8) is 0 Å². The number of hydrogen-bond donors (Lipinski definition) is 0. The number of rotatable bonds is 3. The molecule has 0 aliphatic heterocycles. The normalized spacial score (nSPS) is 11.0. The zero-order valence-corrected chi connectivity index (χ0v) is 14.7. The molecule has 0 amide bonds. The van der Waals surface area contributed by atoms with Crippen LogP contribution in [0, 0.1) is 0 Å². The summed E-state index contributed by atoms with van der Waals surface area (Å²) in [5.74, 6) is 1.39. The number of hydrogen-bond acceptors (Lipinski definition) is 2. The van der Waals surface area contributed by atoms with Gasteiger partial charge in [0.05, 0.1) is 0 Å². The lowest BCUT2D eigenvalue weighted by Crippen LogP contribution is -1.88. The summed E-state index contributed by atoms with van der Waals surface area (Å²) in [5.41, 5.74) is 2.42. The van der Waals surface area contributed by atoms with Gasteiger partial charge in [0.2, 0.25) is 5.88 Å². The molecule has 0 fully saturated rings. The Morgan fingerprint density at radius 3 is 2.04 bits per heavy atom. The maximum atomic E-state index is 5.94. The standard InChI is InChI=1S/C25H17NO/c1-3-7-18(8-4-1)20-13-11-19-12-14-21-17-26-25(16-24(21)23(19)15-20)27-22-9-5-2-6-10-22/h1-17H. The summed E-state index contributed by atoms with van der Waals surface area (Å²) in [6, 6.07) is 33.1. The first-order chi connectivity index (χ1) is 13.4. The van der Waals surface area contributed by atoms with Gasteiger partial charge in [-0.05, 0) is 45.5 Å². The minimum Gasteiger partial charge on any atom is -0.439 e. The van der Waals surface area contributed by atoms with E-state index in [4.69, 9.17) is 4.74 Å². The van der Waals surface area contributed by atoms with Gasteiger partial charge < -0.3 is 4.74 Å². The van der Waals surface area contributed by atoms with Crippen LogP contribution in [0.3, 0.4) is 0 Å². The quantitative estimate of drug-likeness (QED) is 0.333. The van der Waals surface area contributed by atoms with Crippen LogP contribution in [0.5, 0.6) is 11.6 Å². The van der Waals surface area contributed by atoms with Gasteiger partial charge in [0.1, 0.15) is 5.75 Å². The van der Waals surface area contributed by atoms with E-state index in [9.17, 15) is 0 Å². The van der Waals surface area contributed by atoms with Crippen molar-refractivity contribution in [1.29, 1.82) is 0 Å². The second kappa shape index (κ2) is 6.58. The maximum absolute atomic E-state index is 5.94. The molecule has 0 aliphatic carbocycles. The van der Waals surface area contributed by atoms with Crippen LogP contribution < -0.4 is 4.74 Å². The second-order valence-electron chi connectivity index (χ2n) is 6.53. The Balaban J connectivity index is 1.66. The van der Waals surface area contributed by atoms with E-state index in [0.29, 0.717) is 5.88 Å². The van der Waals surface area contributed by atoms with Gasteiger partial charge in [0.15, 0.2) is 0 Å². The molecule has 0 N–H and O–H groups in total. The van der Waals surface area contributed by atoms with Crippen LogP contribution in [-0.4, -0.2) is 4.98 Å². The molecule has 2 nitrogen and oxygen atoms in total. The van der Waals surface area contributed by atoms with Crippen molar-refractivity contribution >= 4 is 21.5 Å². The number of para-hydroxylation sites is 1. The first kappa shape index (κ1) is 15.6. The van der Waals surface area contributed by atoms with E-state index in [0.717, 1.165) is 16.5 Å². The lowest BCUT2D eigenvalue weighted by Gasteiger charge is -2.09. The molecule has 0 radical (unpaired) electrons. The predicted molar refractivity (Wildman–Crippen MR) is 111 cm³/mol. The van der Waals surface area contributed by atoms with Gasteiger partial charge in [-0.25, -0.2) is 4.98 Å². The molecule has 0 unspecified atom stereocenters. The molecule has 5 rings (SSSR count). The van der Waals surface area contributed by atoms with Crippen molar-refractivity contribution < 1.29 is 4.74 Å². The Hall–Kier alpha value is -3.65. The number of pyridine rings is 1. The van der Waals surface area contributed by atoms with Crippen LogP contribution in [0.15, 0.2) is 103 Å². The Labute approximate surface area is 157 Å². The Kier molecular flexibility index (Phi) is 3.80. The molecule has 1 aromatic heterocycles. The van der Waals surface area contributed by atoms with Crippen molar-refractivity contribution in [2.24, 2.45) is 0 Å². The van der Waals surface area contributed by atoms with E-state index in [1.54, 1.807) is 0 Å². The fraction of sp³-hybridized carbons (Fsp3) is 0. The van der Waals surface area contributed by atoms with Gasteiger partial charge in [-0.1, -0.05) is 72.8 Å². The van der Waals surface area contributed by atoms with Gasteiger partial charge in [-0.15, -0.1) is 0 Å². The Morgan fingerprint density at radius 1 is 0.556 bits per heavy atom. The predicted octanol–water partition coefficient (Wildman–Crippen LogP) is 6.85. The highest BCUT2D eigenvalue weighted by atomic mass is 16.5. The number of fused-ring (bicyclic) bond motifs is 3. The molecule has 5 aromatic rings. The molecule has 0 aliphatic rings. The Bertz CT molecular complexity index is 1230. The molecular weight excluding hydrogens is 330 g/mol. The molecule has 0 spiro atoms. The van der Waals surface area contributed by atoms with Crippen LogP contribution in [0.2, 0.25) is 0 Å². The first-order valence-corrected chi connectivity index (χ1v) is 8.98. The summed E-state index contributed by atoms with van der Waals surface area (Å²) in [7, 11) is 0. The van der Waals surface area contributed by atoms with Crippen LogP contribution in [0.1, 0.15) is 0 Å². The number of benzene rings is 4. The van der Waals surface area contributed by atoms with Crippen molar-refractivity contribution in [1.82, 2.24) is 4.98 Å².